The van der Waals surface area contributed by atoms with E-state index in [0.29, 0.717) is 25.7 Å². The molecule has 35 heavy (non-hydrogen) atoms. The smallest absolute Gasteiger partial charge is 0.186 e. The van der Waals surface area contributed by atoms with Crippen LogP contribution in [0.2, 0.25) is 0 Å². The van der Waals surface area contributed by atoms with E-state index in [9.17, 15) is 35.4 Å². The SMILES string of the molecule is CC(=O)CCC1=C(C)CC(OC2OC(COC3OCC(O)C(O)C3O)C(O)C(O)C2O)CC1(C)C. The number of ether oxygens (including phenoxy) is 4. The van der Waals surface area contributed by atoms with E-state index in [-0.39, 0.29) is 30.5 Å². The molecule has 11 nitrogen and oxygen atoms in total. The number of Topliss-reactive ketones (excluding diaryl/α,β-unsaturated/α-hetero) is 1. The summed E-state index contributed by atoms with van der Waals surface area (Å²) in [5.41, 5.74) is 2.10. The maximum Gasteiger partial charge on any atom is 0.186 e. The van der Waals surface area contributed by atoms with Gasteiger partial charge in [-0.05, 0) is 38.5 Å². The molecule has 0 aromatic carbocycles. The third kappa shape index (κ3) is 6.67. The number of carbonyl (C=O) groups is 1. The largest absolute Gasteiger partial charge is 0.388 e. The van der Waals surface area contributed by atoms with E-state index in [1.165, 1.54) is 5.57 Å². The Kier molecular flexibility index (Phi) is 9.47. The molecule has 202 valence electrons. The zero-order valence-corrected chi connectivity index (χ0v) is 20.7. The average molecular weight is 505 g/mol. The lowest BCUT2D eigenvalue weighted by molar-refractivity contribution is -0.328. The topological polar surface area (TPSA) is 175 Å². The van der Waals surface area contributed by atoms with Gasteiger partial charge in [0.05, 0.1) is 19.3 Å². The second-order valence-corrected chi connectivity index (χ2v) is 10.6. The molecule has 0 aromatic rings. The maximum absolute atomic E-state index is 11.5. The monoisotopic (exact) mass is 504 g/mol. The van der Waals surface area contributed by atoms with Crippen LogP contribution in [0.4, 0.5) is 0 Å². The predicted molar refractivity (Wildman–Crippen MR) is 121 cm³/mol. The molecule has 2 saturated heterocycles. The summed E-state index contributed by atoms with van der Waals surface area (Å²) in [7, 11) is 0. The van der Waals surface area contributed by atoms with Gasteiger partial charge in [0.1, 0.15) is 48.5 Å². The van der Waals surface area contributed by atoms with Crippen LogP contribution in [0.1, 0.15) is 53.4 Å². The van der Waals surface area contributed by atoms with E-state index in [1.807, 2.05) is 6.92 Å². The molecule has 3 rings (SSSR count). The third-order valence-corrected chi connectivity index (χ3v) is 7.21. The fourth-order valence-electron chi connectivity index (χ4n) is 5.23. The summed E-state index contributed by atoms with van der Waals surface area (Å²) in [4.78, 5) is 11.5. The van der Waals surface area contributed by atoms with Gasteiger partial charge < -0.3 is 54.4 Å². The van der Waals surface area contributed by atoms with Gasteiger partial charge in [0.25, 0.3) is 0 Å². The third-order valence-electron chi connectivity index (χ3n) is 7.21. The predicted octanol–water partition coefficient (Wildman–Crippen LogP) is -0.859. The summed E-state index contributed by atoms with van der Waals surface area (Å²) in [6, 6.07) is 0. The lowest BCUT2D eigenvalue weighted by atomic mass is 9.70. The molecule has 0 aromatic heterocycles. The van der Waals surface area contributed by atoms with Crippen molar-refractivity contribution >= 4 is 5.78 Å². The summed E-state index contributed by atoms with van der Waals surface area (Å²) < 4.78 is 22.4. The highest BCUT2D eigenvalue weighted by Crippen LogP contribution is 2.44. The molecule has 6 N–H and O–H groups in total. The van der Waals surface area contributed by atoms with Crippen LogP contribution in [0.5, 0.6) is 0 Å². The van der Waals surface area contributed by atoms with Crippen molar-refractivity contribution in [2.45, 2.75) is 115 Å². The molecule has 0 saturated carbocycles. The number of aliphatic hydroxyl groups is 6. The molecule has 10 atom stereocenters. The van der Waals surface area contributed by atoms with Gasteiger partial charge in [0.2, 0.25) is 0 Å². The lowest BCUT2D eigenvalue weighted by Crippen LogP contribution is -2.61. The molecule has 0 spiro atoms. The zero-order chi connectivity index (χ0) is 26.1. The van der Waals surface area contributed by atoms with E-state index in [2.05, 4.69) is 13.8 Å². The second-order valence-electron chi connectivity index (χ2n) is 10.6. The first-order valence-electron chi connectivity index (χ1n) is 12.1. The van der Waals surface area contributed by atoms with Gasteiger partial charge in [-0.1, -0.05) is 25.0 Å². The van der Waals surface area contributed by atoms with Crippen LogP contribution < -0.4 is 0 Å². The fourth-order valence-corrected chi connectivity index (χ4v) is 5.23. The first-order valence-corrected chi connectivity index (χ1v) is 12.1. The Balaban J connectivity index is 1.63. The van der Waals surface area contributed by atoms with Gasteiger partial charge in [-0.25, -0.2) is 0 Å². The Morgan fingerprint density at radius 1 is 1.00 bits per heavy atom. The van der Waals surface area contributed by atoms with Crippen LogP contribution in [0, 0.1) is 5.41 Å². The average Bonchev–Trinajstić information content (AvgIpc) is 2.77. The van der Waals surface area contributed by atoms with Crippen molar-refractivity contribution in [2.75, 3.05) is 13.2 Å². The van der Waals surface area contributed by atoms with Gasteiger partial charge in [0, 0.05) is 6.42 Å². The van der Waals surface area contributed by atoms with Crippen LogP contribution in [-0.2, 0) is 23.7 Å². The Hall–Kier alpha value is -0.990. The Labute approximate surface area is 205 Å². The quantitative estimate of drug-likeness (QED) is 0.227. The van der Waals surface area contributed by atoms with Gasteiger partial charge in [-0.3, -0.25) is 0 Å². The van der Waals surface area contributed by atoms with Gasteiger partial charge in [-0.15, -0.1) is 0 Å². The summed E-state index contributed by atoms with van der Waals surface area (Å²) in [6.07, 6.45) is -10.4. The van der Waals surface area contributed by atoms with Crippen molar-refractivity contribution in [3.05, 3.63) is 11.1 Å². The van der Waals surface area contributed by atoms with Crippen molar-refractivity contribution in [1.82, 2.24) is 0 Å². The molecule has 0 radical (unpaired) electrons. The molecule has 0 amide bonds. The number of rotatable bonds is 8. The number of carbonyl (C=O) groups excluding carboxylic acids is 1. The van der Waals surface area contributed by atoms with E-state index >= 15 is 0 Å². The first kappa shape index (κ1) is 28.6. The molecule has 1 aliphatic carbocycles. The summed E-state index contributed by atoms with van der Waals surface area (Å²) in [6.45, 7) is 7.15. The Morgan fingerprint density at radius 2 is 1.66 bits per heavy atom. The Bertz CT molecular complexity index is 769. The van der Waals surface area contributed by atoms with Crippen molar-refractivity contribution in [3.63, 3.8) is 0 Å². The molecule has 2 aliphatic heterocycles. The van der Waals surface area contributed by atoms with Crippen LogP contribution in [-0.4, -0.2) is 111 Å². The highest BCUT2D eigenvalue weighted by molar-refractivity contribution is 5.75. The summed E-state index contributed by atoms with van der Waals surface area (Å²) in [5.74, 6) is 0.135. The van der Waals surface area contributed by atoms with E-state index in [1.54, 1.807) is 6.92 Å². The fraction of sp³-hybridized carbons (Fsp3) is 0.875. The highest BCUT2D eigenvalue weighted by Gasteiger charge is 2.47. The lowest BCUT2D eigenvalue weighted by Gasteiger charge is -2.44. The molecule has 11 heteroatoms. The van der Waals surface area contributed by atoms with Crippen molar-refractivity contribution < 1.29 is 54.4 Å². The Morgan fingerprint density at radius 3 is 2.29 bits per heavy atom. The van der Waals surface area contributed by atoms with Gasteiger partial charge in [0.15, 0.2) is 12.6 Å². The maximum atomic E-state index is 11.5. The molecule has 2 heterocycles. The number of allylic oxidation sites excluding steroid dienone is 1. The molecular weight excluding hydrogens is 464 g/mol. The minimum Gasteiger partial charge on any atom is -0.388 e. The normalized spacial score (nSPS) is 42.2. The van der Waals surface area contributed by atoms with Crippen molar-refractivity contribution in [2.24, 2.45) is 5.41 Å². The number of ketones is 1. The minimum absolute atomic E-state index is 0.135. The van der Waals surface area contributed by atoms with Crippen molar-refractivity contribution in [3.8, 4) is 0 Å². The summed E-state index contributed by atoms with van der Waals surface area (Å²) in [5, 5.41) is 60.7. The standard InChI is InChI=1S/C24H40O11/c1-11-7-13(8-24(3,4)14(11)6-5-12(2)25)34-23-21(31)19(29)18(28)16(35-23)10-33-22-20(30)17(27)15(26)9-32-22/h13,15-23,26-31H,5-10H2,1-4H3. The number of hydrogen-bond acceptors (Lipinski definition) is 11. The molecule has 10 unspecified atom stereocenters. The first-order chi connectivity index (χ1) is 16.3. The molecule has 0 bridgehead atoms. The molecule has 2 fully saturated rings. The van der Waals surface area contributed by atoms with E-state index in [4.69, 9.17) is 18.9 Å². The van der Waals surface area contributed by atoms with Crippen LogP contribution in [0.15, 0.2) is 11.1 Å². The molecular formula is C24H40O11. The number of aliphatic hydroxyl groups excluding tert-OH is 6. The highest BCUT2D eigenvalue weighted by atomic mass is 16.7. The minimum atomic E-state index is -1.56. The van der Waals surface area contributed by atoms with E-state index < -0.39 is 55.3 Å². The van der Waals surface area contributed by atoms with E-state index in [0.717, 1.165) is 5.57 Å². The van der Waals surface area contributed by atoms with Gasteiger partial charge >= 0.3 is 0 Å². The number of hydrogen-bond donors (Lipinski definition) is 6. The zero-order valence-electron chi connectivity index (χ0n) is 20.7. The summed E-state index contributed by atoms with van der Waals surface area (Å²) >= 11 is 0. The van der Waals surface area contributed by atoms with Crippen LogP contribution in [0.3, 0.4) is 0 Å². The molecule has 3 aliphatic rings. The van der Waals surface area contributed by atoms with Crippen LogP contribution in [0.25, 0.3) is 0 Å². The van der Waals surface area contributed by atoms with Gasteiger partial charge in [-0.2, -0.15) is 0 Å². The van der Waals surface area contributed by atoms with Crippen LogP contribution >= 0.6 is 0 Å². The van der Waals surface area contributed by atoms with Crippen molar-refractivity contribution in [1.29, 1.82) is 0 Å². The second kappa shape index (κ2) is 11.6.